The fourth-order valence-corrected chi connectivity index (χ4v) is 2.76. The summed E-state index contributed by atoms with van der Waals surface area (Å²) in [6.07, 6.45) is 2.19. The zero-order valence-electron chi connectivity index (χ0n) is 9.43. The average molecular weight is 218 g/mol. The predicted molar refractivity (Wildman–Crippen MR) is 68.7 cm³/mol. The van der Waals surface area contributed by atoms with Gasteiger partial charge in [-0.2, -0.15) is 4.57 Å². The number of hydrogen-bond acceptors (Lipinski definition) is 0. The highest BCUT2D eigenvalue weighted by Gasteiger charge is 2.27. The first-order chi connectivity index (χ1) is 8.43. The van der Waals surface area contributed by atoms with E-state index in [9.17, 15) is 0 Å². The lowest BCUT2D eigenvalue weighted by atomic mass is 10.0. The standard InChI is InChI=1S/C16H12N/c1-3-7-14-12(5-1)9-10-17-11-13-6-2-4-8-15(13)16(14)17/h1-10H,11H2/q+1. The third-order valence-electron chi connectivity index (χ3n) is 3.55. The third-order valence-corrected chi connectivity index (χ3v) is 3.55. The van der Waals surface area contributed by atoms with Crippen LogP contribution in [0.15, 0.2) is 60.8 Å². The Labute approximate surface area is 100.0 Å². The lowest BCUT2D eigenvalue weighted by molar-refractivity contribution is -0.671. The van der Waals surface area contributed by atoms with E-state index in [0.29, 0.717) is 0 Å². The second kappa shape index (κ2) is 3.17. The van der Waals surface area contributed by atoms with Crippen molar-refractivity contribution in [3.63, 3.8) is 0 Å². The first-order valence-electron chi connectivity index (χ1n) is 5.93. The largest absolute Gasteiger partial charge is 0.221 e. The van der Waals surface area contributed by atoms with Gasteiger partial charge in [0.2, 0.25) is 5.69 Å². The van der Waals surface area contributed by atoms with Crippen molar-refractivity contribution in [3.05, 3.63) is 66.4 Å². The van der Waals surface area contributed by atoms with Gasteiger partial charge in [0, 0.05) is 11.6 Å². The van der Waals surface area contributed by atoms with Gasteiger partial charge in [-0.3, -0.25) is 0 Å². The van der Waals surface area contributed by atoms with Crippen LogP contribution in [0.1, 0.15) is 5.56 Å². The van der Waals surface area contributed by atoms with E-state index in [1.54, 1.807) is 0 Å². The summed E-state index contributed by atoms with van der Waals surface area (Å²) < 4.78 is 2.34. The normalized spacial score (nSPS) is 12.5. The van der Waals surface area contributed by atoms with Crippen molar-refractivity contribution in [1.82, 2.24) is 0 Å². The molecule has 0 fully saturated rings. The summed E-state index contributed by atoms with van der Waals surface area (Å²) in [6.45, 7) is 0.996. The van der Waals surface area contributed by atoms with Gasteiger partial charge in [-0.15, -0.1) is 0 Å². The molecule has 0 N–H and O–H groups in total. The fraction of sp³-hybridized carbons (Fsp3) is 0.0625. The maximum absolute atomic E-state index is 2.34. The second-order valence-corrected chi connectivity index (χ2v) is 4.54. The summed E-state index contributed by atoms with van der Waals surface area (Å²) in [6, 6.07) is 19.5. The first-order valence-corrected chi connectivity index (χ1v) is 5.93. The van der Waals surface area contributed by atoms with E-state index >= 15 is 0 Å². The van der Waals surface area contributed by atoms with Gasteiger partial charge >= 0.3 is 0 Å². The lowest BCUT2D eigenvalue weighted by Crippen LogP contribution is -2.31. The van der Waals surface area contributed by atoms with Crippen LogP contribution < -0.4 is 4.57 Å². The molecule has 0 unspecified atom stereocenters. The highest BCUT2D eigenvalue weighted by Crippen LogP contribution is 2.31. The Balaban J connectivity index is 2.17. The summed E-state index contributed by atoms with van der Waals surface area (Å²) in [5.41, 5.74) is 4.16. The molecule has 80 valence electrons. The van der Waals surface area contributed by atoms with E-state index in [2.05, 4.69) is 65.4 Å². The monoisotopic (exact) mass is 218 g/mol. The van der Waals surface area contributed by atoms with Crippen LogP contribution in [0.25, 0.3) is 22.0 Å². The van der Waals surface area contributed by atoms with Crippen LogP contribution in [0.4, 0.5) is 0 Å². The van der Waals surface area contributed by atoms with Crippen molar-refractivity contribution < 1.29 is 4.57 Å². The zero-order valence-corrected chi connectivity index (χ0v) is 9.43. The Bertz CT molecular complexity index is 728. The maximum atomic E-state index is 2.34. The quantitative estimate of drug-likeness (QED) is 0.399. The summed E-state index contributed by atoms with van der Waals surface area (Å²) in [5, 5.41) is 2.66. The van der Waals surface area contributed by atoms with E-state index in [1.807, 2.05) is 0 Å². The minimum atomic E-state index is 0.996. The molecule has 0 atom stereocenters. The summed E-state index contributed by atoms with van der Waals surface area (Å²) in [5.74, 6) is 0. The van der Waals surface area contributed by atoms with Crippen LogP contribution in [-0.4, -0.2) is 0 Å². The lowest BCUT2D eigenvalue weighted by Gasteiger charge is -1.99. The van der Waals surface area contributed by atoms with Crippen molar-refractivity contribution in [3.8, 4) is 11.3 Å². The number of hydrogen-bond donors (Lipinski definition) is 0. The van der Waals surface area contributed by atoms with Crippen molar-refractivity contribution in [2.24, 2.45) is 0 Å². The molecular formula is C16H12N+. The van der Waals surface area contributed by atoms with Crippen molar-refractivity contribution in [2.45, 2.75) is 6.54 Å². The van der Waals surface area contributed by atoms with Gasteiger partial charge < -0.3 is 0 Å². The molecule has 4 rings (SSSR count). The molecule has 0 bridgehead atoms. The number of rotatable bonds is 0. The highest BCUT2D eigenvalue weighted by molar-refractivity contribution is 5.94. The SMILES string of the molecule is c1ccc2c(c1)C[n+]1ccc3ccccc3c1-2. The molecule has 3 aromatic rings. The minimum absolute atomic E-state index is 0.996. The molecule has 1 aliphatic rings. The van der Waals surface area contributed by atoms with Crippen molar-refractivity contribution in [1.29, 1.82) is 0 Å². The highest BCUT2D eigenvalue weighted by atomic mass is 15.0. The third kappa shape index (κ3) is 1.17. The Morgan fingerprint density at radius 1 is 0.824 bits per heavy atom. The fourth-order valence-electron chi connectivity index (χ4n) is 2.76. The minimum Gasteiger partial charge on any atom is -0.193 e. The van der Waals surface area contributed by atoms with E-state index in [-0.39, 0.29) is 0 Å². The van der Waals surface area contributed by atoms with Crippen molar-refractivity contribution in [2.75, 3.05) is 0 Å². The van der Waals surface area contributed by atoms with Gasteiger partial charge in [-0.25, -0.2) is 0 Å². The Kier molecular flexibility index (Phi) is 1.67. The van der Waals surface area contributed by atoms with Gasteiger partial charge in [0.15, 0.2) is 12.7 Å². The van der Waals surface area contributed by atoms with E-state index in [4.69, 9.17) is 0 Å². The summed E-state index contributed by atoms with van der Waals surface area (Å²) >= 11 is 0. The van der Waals surface area contributed by atoms with E-state index in [1.165, 1.54) is 27.6 Å². The second-order valence-electron chi connectivity index (χ2n) is 4.54. The first kappa shape index (κ1) is 8.94. The molecule has 1 nitrogen and oxygen atoms in total. The number of pyridine rings is 1. The van der Waals surface area contributed by atoms with Gasteiger partial charge in [0.1, 0.15) is 0 Å². The van der Waals surface area contributed by atoms with E-state index in [0.717, 1.165) is 6.54 Å². The molecule has 0 saturated carbocycles. The van der Waals surface area contributed by atoms with Crippen LogP contribution in [0.2, 0.25) is 0 Å². The molecule has 2 heterocycles. The van der Waals surface area contributed by atoms with Crippen LogP contribution in [-0.2, 0) is 6.54 Å². The number of fused-ring (bicyclic) bond motifs is 5. The topological polar surface area (TPSA) is 3.88 Å². The molecule has 1 aliphatic heterocycles. The molecule has 2 aromatic carbocycles. The Morgan fingerprint density at radius 3 is 2.65 bits per heavy atom. The number of nitrogens with zero attached hydrogens (tertiary/aromatic N) is 1. The molecule has 0 amide bonds. The van der Waals surface area contributed by atoms with Gasteiger partial charge in [0.25, 0.3) is 0 Å². The van der Waals surface area contributed by atoms with Crippen LogP contribution in [0, 0.1) is 0 Å². The summed E-state index contributed by atoms with van der Waals surface area (Å²) in [4.78, 5) is 0. The van der Waals surface area contributed by atoms with Crippen LogP contribution in [0.5, 0.6) is 0 Å². The average Bonchev–Trinajstić information content (AvgIpc) is 2.77. The molecule has 0 aliphatic carbocycles. The Morgan fingerprint density at radius 2 is 1.65 bits per heavy atom. The van der Waals surface area contributed by atoms with Crippen LogP contribution >= 0.6 is 0 Å². The number of aromatic nitrogens is 1. The molecule has 0 saturated heterocycles. The zero-order chi connectivity index (χ0) is 11.2. The maximum Gasteiger partial charge on any atom is 0.221 e. The molecule has 0 spiro atoms. The van der Waals surface area contributed by atoms with Crippen LogP contribution in [0.3, 0.4) is 0 Å². The Hall–Kier alpha value is -2.15. The molecule has 1 heteroatoms. The van der Waals surface area contributed by atoms with Crippen molar-refractivity contribution >= 4 is 10.8 Å². The molecular weight excluding hydrogens is 206 g/mol. The molecule has 1 aromatic heterocycles. The smallest absolute Gasteiger partial charge is 0.193 e. The predicted octanol–water partition coefficient (Wildman–Crippen LogP) is 3.16. The number of benzene rings is 2. The van der Waals surface area contributed by atoms with Gasteiger partial charge in [-0.1, -0.05) is 36.4 Å². The summed E-state index contributed by atoms with van der Waals surface area (Å²) in [7, 11) is 0. The van der Waals surface area contributed by atoms with Gasteiger partial charge in [0.05, 0.1) is 10.9 Å². The molecule has 17 heavy (non-hydrogen) atoms. The van der Waals surface area contributed by atoms with Gasteiger partial charge in [-0.05, 0) is 17.5 Å². The van der Waals surface area contributed by atoms with E-state index < -0.39 is 0 Å². The molecule has 0 radical (unpaired) electrons.